The van der Waals surface area contributed by atoms with Crippen molar-refractivity contribution in [3.8, 4) is 0 Å². The van der Waals surface area contributed by atoms with Crippen LogP contribution < -0.4 is 0 Å². The fraction of sp³-hybridized carbons (Fsp3) is 0.647. The molecular weight excluding hydrogens is 346 g/mol. The van der Waals surface area contributed by atoms with Gasteiger partial charge in [0.2, 0.25) is 10.0 Å². The lowest BCUT2D eigenvalue weighted by Gasteiger charge is -2.30. The lowest BCUT2D eigenvalue weighted by molar-refractivity contribution is 0.384. The molecule has 1 aliphatic carbocycles. The molecule has 134 valence electrons. The molecule has 0 radical (unpaired) electrons. The Morgan fingerprint density at radius 1 is 0.875 bits per heavy atom. The van der Waals surface area contributed by atoms with Crippen LogP contribution in [0, 0.1) is 0 Å². The summed E-state index contributed by atoms with van der Waals surface area (Å²) in [5.74, 6) is -0.122. The Morgan fingerprint density at radius 2 is 1.54 bits per heavy atom. The van der Waals surface area contributed by atoms with E-state index in [1.807, 2.05) is 0 Å². The van der Waals surface area contributed by atoms with Crippen LogP contribution in [0.4, 0.5) is 0 Å². The number of hydrogen-bond donors (Lipinski definition) is 0. The largest absolute Gasteiger partial charge is 0.224 e. The summed E-state index contributed by atoms with van der Waals surface area (Å²) in [5.41, 5.74) is 0. The van der Waals surface area contributed by atoms with Gasteiger partial charge in [-0.2, -0.15) is 4.31 Å². The van der Waals surface area contributed by atoms with Crippen molar-refractivity contribution in [2.24, 2.45) is 0 Å². The Balaban J connectivity index is 1.78. The SMILES string of the molecule is O=S(=O)(CC1CCCN1S(=O)(=O)C1CCCCC1)c1ccccc1. The van der Waals surface area contributed by atoms with Gasteiger partial charge in [-0.1, -0.05) is 37.5 Å². The third-order valence-electron chi connectivity index (χ3n) is 5.14. The topological polar surface area (TPSA) is 71.5 Å². The minimum absolute atomic E-state index is 0.122. The van der Waals surface area contributed by atoms with Crippen LogP contribution in [0.25, 0.3) is 0 Å². The molecule has 2 fully saturated rings. The average Bonchev–Trinajstić information content (AvgIpc) is 3.05. The van der Waals surface area contributed by atoms with Crippen LogP contribution >= 0.6 is 0 Å². The molecule has 0 aromatic heterocycles. The van der Waals surface area contributed by atoms with E-state index in [4.69, 9.17) is 0 Å². The molecule has 2 aliphatic rings. The highest BCUT2D eigenvalue weighted by molar-refractivity contribution is 7.91. The second-order valence-corrected chi connectivity index (χ2v) is 11.0. The zero-order chi connectivity index (χ0) is 17.2. The van der Waals surface area contributed by atoms with Crippen molar-refractivity contribution in [1.82, 2.24) is 4.31 Å². The Labute approximate surface area is 145 Å². The van der Waals surface area contributed by atoms with Crippen molar-refractivity contribution in [2.75, 3.05) is 12.3 Å². The lowest BCUT2D eigenvalue weighted by Crippen LogP contribution is -2.44. The van der Waals surface area contributed by atoms with Gasteiger partial charge in [0.25, 0.3) is 0 Å². The predicted octanol–water partition coefficient (Wildman–Crippen LogP) is 2.59. The maximum atomic E-state index is 13.0. The maximum absolute atomic E-state index is 13.0. The van der Waals surface area contributed by atoms with E-state index in [-0.39, 0.29) is 15.9 Å². The van der Waals surface area contributed by atoms with Gasteiger partial charge in [0.1, 0.15) is 0 Å². The van der Waals surface area contributed by atoms with E-state index in [9.17, 15) is 16.8 Å². The molecule has 5 nitrogen and oxygen atoms in total. The second kappa shape index (κ2) is 7.14. The third-order valence-corrected chi connectivity index (χ3v) is 9.40. The van der Waals surface area contributed by atoms with Gasteiger partial charge >= 0.3 is 0 Å². The molecule has 1 aromatic carbocycles. The van der Waals surface area contributed by atoms with Crippen molar-refractivity contribution in [3.63, 3.8) is 0 Å². The number of benzene rings is 1. The van der Waals surface area contributed by atoms with Crippen LogP contribution in [0.5, 0.6) is 0 Å². The summed E-state index contributed by atoms with van der Waals surface area (Å²) in [7, 11) is -6.87. The number of sulfonamides is 1. The van der Waals surface area contributed by atoms with E-state index in [1.165, 1.54) is 4.31 Å². The molecule has 0 N–H and O–H groups in total. The smallest absolute Gasteiger partial charge is 0.217 e. The van der Waals surface area contributed by atoms with Crippen molar-refractivity contribution < 1.29 is 16.8 Å². The number of rotatable bonds is 5. The van der Waals surface area contributed by atoms with Crippen molar-refractivity contribution in [2.45, 2.75) is 61.1 Å². The van der Waals surface area contributed by atoms with E-state index in [1.54, 1.807) is 30.3 Å². The molecule has 7 heteroatoms. The molecule has 1 saturated heterocycles. The summed E-state index contributed by atoms with van der Waals surface area (Å²) >= 11 is 0. The molecule has 1 heterocycles. The zero-order valence-electron chi connectivity index (χ0n) is 13.8. The molecule has 0 bridgehead atoms. The van der Waals surface area contributed by atoms with Crippen LogP contribution in [0.3, 0.4) is 0 Å². The summed E-state index contributed by atoms with van der Waals surface area (Å²) in [6, 6.07) is 7.88. The van der Waals surface area contributed by atoms with Gasteiger partial charge in [-0.05, 0) is 37.8 Å². The average molecular weight is 372 g/mol. The van der Waals surface area contributed by atoms with Crippen LogP contribution in [0.1, 0.15) is 44.9 Å². The van der Waals surface area contributed by atoms with Crippen LogP contribution in [-0.4, -0.2) is 44.7 Å². The van der Waals surface area contributed by atoms with E-state index in [2.05, 4.69) is 0 Å². The Kier molecular flexibility index (Phi) is 5.32. The molecule has 0 amide bonds. The van der Waals surface area contributed by atoms with Gasteiger partial charge in [0, 0.05) is 12.6 Å². The lowest BCUT2D eigenvalue weighted by atomic mass is 10.0. The fourth-order valence-corrected chi connectivity index (χ4v) is 7.85. The highest BCUT2D eigenvalue weighted by Gasteiger charge is 2.41. The maximum Gasteiger partial charge on any atom is 0.217 e. The molecule has 1 atom stereocenters. The first-order valence-corrected chi connectivity index (χ1v) is 11.9. The highest BCUT2D eigenvalue weighted by Crippen LogP contribution is 2.31. The van der Waals surface area contributed by atoms with Gasteiger partial charge in [0.15, 0.2) is 9.84 Å². The molecule has 1 aliphatic heterocycles. The molecule has 24 heavy (non-hydrogen) atoms. The van der Waals surface area contributed by atoms with E-state index in [0.717, 1.165) is 25.7 Å². The highest BCUT2D eigenvalue weighted by atomic mass is 32.2. The summed E-state index contributed by atoms with van der Waals surface area (Å²) in [4.78, 5) is 0.270. The third kappa shape index (κ3) is 3.68. The molecule has 1 saturated carbocycles. The minimum Gasteiger partial charge on any atom is -0.224 e. The minimum atomic E-state index is -3.47. The first-order valence-electron chi connectivity index (χ1n) is 8.70. The van der Waals surface area contributed by atoms with Crippen LogP contribution in [-0.2, 0) is 19.9 Å². The Morgan fingerprint density at radius 3 is 2.21 bits per heavy atom. The first kappa shape index (κ1) is 17.9. The van der Waals surface area contributed by atoms with Crippen molar-refractivity contribution in [3.05, 3.63) is 30.3 Å². The summed E-state index contributed by atoms with van der Waals surface area (Å²) in [6.45, 7) is 0.452. The predicted molar refractivity (Wildman–Crippen MR) is 94.0 cm³/mol. The summed E-state index contributed by atoms with van der Waals surface area (Å²) < 4.78 is 52.6. The fourth-order valence-electron chi connectivity index (χ4n) is 3.84. The monoisotopic (exact) mass is 371 g/mol. The quantitative estimate of drug-likeness (QED) is 0.797. The summed E-state index contributed by atoms with van der Waals surface area (Å²) in [6.07, 6.45) is 5.76. The molecular formula is C17H25NO4S2. The van der Waals surface area contributed by atoms with Gasteiger partial charge in [-0.25, -0.2) is 16.8 Å². The Hall–Kier alpha value is -0.920. The van der Waals surface area contributed by atoms with E-state index in [0.29, 0.717) is 25.8 Å². The van der Waals surface area contributed by atoms with Crippen molar-refractivity contribution in [1.29, 1.82) is 0 Å². The van der Waals surface area contributed by atoms with Crippen LogP contribution in [0.15, 0.2) is 35.2 Å². The number of hydrogen-bond acceptors (Lipinski definition) is 4. The standard InChI is InChI=1S/C17H25NO4S2/c19-23(20,16-9-3-1-4-10-16)14-15-8-7-13-18(15)24(21,22)17-11-5-2-6-12-17/h1,3-4,9-10,15,17H,2,5-8,11-14H2. The number of sulfone groups is 1. The second-order valence-electron chi connectivity index (χ2n) is 6.81. The molecule has 1 aromatic rings. The molecule has 3 rings (SSSR count). The zero-order valence-corrected chi connectivity index (χ0v) is 15.4. The first-order chi connectivity index (χ1) is 11.4. The molecule has 1 unspecified atom stereocenters. The van der Waals surface area contributed by atoms with E-state index >= 15 is 0 Å². The van der Waals surface area contributed by atoms with Crippen LogP contribution in [0.2, 0.25) is 0 Å². The van der Waals surface area contributed by atoms with E-state index < -0.39 is 25.9 Å². The normalized spacial score (nSPS) is 24.2. The van der Waals surface area contributed by atoms with Gasteiger partial charge in [0.05, 0.1) is 15.9 Å². The number of nitrogens with zero attached hydrogens (tertiary/aromatic N) is 1. The van der Waals surface area contributed by atoms with Gasteiger partial charge in [-0.15, -0.1) is 0 Å². The van der Waals surface area contributed by atoms with Gasteiger partial charge in [-0.3, -0.25) is 0 Å². The van der Waals surface area contributed by atoms with Gasteiger partial charge < -0.3 is 0 Å². The molecule has 0 spiro atoms. The van der Waals surface area contributed by atoms with Crippen molar-refractivity contribution >= 4 is 19.9 Å². The summed E-state index contributed by atoms with van der Waals surface area (Å²) in [5, 5.41) is -0.328. The Bertz CT molecular complexity index is 753.